The minimum Gasteiger partial charge on any atom is -0.506 e. The first-order valence-corrected chi connectivity index (χ1v) is 7.25. The van der Waals surface area contributed by atoms with E-state index in [2.05, 4.69) is 15.0 Å². The van der Waals surface area contributed by atoms with Crippen molar-refractivity contribution < 1.29 is 15.3 Å². The highest BCUT2D eigenvalue weighted by atomic mass is 16.3. The van der Waals surface area contributed by atoms with Crippen molar-refractivity contribution in [3.8, 4) is 17.2 Å². The second-order valence-corrected chi connectivity index (χ2v) is 5.16. The summed E-state index contributed by atoms with van der Waals surface area (Å²) in [5.41, 5.74) is 2.04. The van der Waals surface area contributed by atoms with Gasteiger partial charge < -0.3 is 15.3 Å². The van der Waals surface area contributed by atoms with Gasteiger partial charge in [0.05, 0.1) is 22.4 Å². The monoisotopic (exact) mass is 325 g/mol. The molecule has 0 atom stereocenters. The van der Waals surface area contributed by atoms with E-state index in [9.17, 15) is 15.3 Å². The molecule has 0 fully saturated rings. The predicted molar refractivity (Wildman–Crippen MR) is 96.9 cm³/mol. The van der Waals surface area contributed by atoms with E-state index in [0.717, 1.165) is 5.56 Å². The van der Waals surface area contributed by atoms with Crippen LogP contribution in [0, 0.1) is 6.92 Å². The van der Waals surface area contributed by atoms with Gasteiger partial charge in [0.15, 0.2) is 0 Å². The molecule has 0 aliphatic heterocycles. The number of rotatable bonds is 4. The lowest BCUT2D eigenvalue weighted by atomic mass is 10.0. The van der Waals surface area contributed by atoms with Crippen LogP contribution in [0.3, 0.4) is 0 Å². The number of phenolic OH excluding ortho intramolecular Hbond substituents is 3. The Balaban J connectivity index is 2.61. The summed E-state index contributed by atoms with van der Waals surface area (Å²) in [4.78, 5) is 11.9. The number of aryl methyl sites for hydroxylation is 1. The molecule has 0 radical (unpaired) electrons. The number of nitrogens with zero attached hydrogens (tertiary/aromatic N) is 3. The van der Waals surface area contributed by atoms with E-state index in [4.69, 9.17) is 0 Å². The fraction of sp³-hybridized carbons (Fsp3) is 0.167. The number of aliphatic imine (C=N–C) groups is 3. The Bertz CT molecular complexity index is 783. The maximum atomic E-state index is 10.3. The molecule has 24 heavy (non-hydrogen) atoms. The van der Waals surface area contributed by atoms with Crippen LogP contribution in [0.15, 0.2) is 39.2 Å². The van der Waals surface area contributed by atoms with E-state index in [1.807, 2.05) is 31.2 Å². The average Bonchev–Trinajstić information content (AvgIpc) is 2.57. The molecule has 124 valence electrons. The van der Waals surface area contributed by atoms with Gasteiger partial charge in [-0.15, -0.1) is 0 Å². The van der Waals surface area contributed by atoms with Crippen molar-refractivity contribution in [1.29, 1.82) is 0 Å². The first kappa shape index (κ1) is 17.2. The van der Waals surface area contributed by atoms with Crippen molar-refractivity contribution in [1.82, 2.24) is 0 Å². The second kappa shape index (κ2) is 7.41. The van der Waals surface area contributed by atoms with E-state index in [1.165, 1.54) is 32.7 Å². The summed E-state index contributed by atoms with van der Waals surface area (Å²) in [6, 6.07) is 7.47. The van der Waals surface area contributed by atoms with E-state index in [1.54, 1.807) is 0 Å². The molecule has 0 saturated carbocycles. The molecule has 0 spiro atoms. The number of benzene rings is 2. The largest absolute Gasteiger partial charge is 0.506 e. The van der Waals surface area contributed by atoms with Crippen LogP contribution in [-0.4, -0.2) is 48.1 Å². The van der Waals surface area contributed by atoms with Gasteiger partial charge >= 0.3 is 0 Å². The minimum absolute atomic E-state index is 0.0816. The molecule has 0 unspecified atom stereocenters. The van der Waals surface area contributed by atoms with Crippen molar-refractivity contribution in [3.05, 3.63) is 46.5 Å². The molecule has 0 aliphatic rings. The van der Waals surface area contributed by atoms with Gasteiger partial charge in [-0.3, -0.25) is 15.0 Å². The SMILES string of the molecule is CN=Cc1c(O)c(C=NC)c(O)c(C=Nc2ccc(C)cc2)c1O. The quantitative estimate of drug-likeness (QED) is 0.754. The van der Waals surface area contributed by atoms with Crippen molar-refractivity contribution in [2.24, 2.45) is 15.0 Å². The van der Waals surface area contributed by atoms with E-state index in [0.29, 0.717) is 5.69 Å². The first-order chi connectivity index (χ1) is 11.5. The summed E-state index contributed by atoms with van der Waals surface area (Å²) >= 11 is 0. The molecule has 3 N–H and O–H groups in total. The Morgan fingerprint density at radius 2 is 1.12 bits per heavy atom. The van der Waals surface area contributed by atoms with Crippen LogP contribution in [-0.2, 0) is 0 Å². The zero-order valence-corrected chi connectivity index (χ0v) is 13.7. The second-order valence-electron chi connectivity index (χ2n) is 5.16. The summed E-state index contributed by atoms with van der Waals surface area (Å²) < 4.78 is 0. The van der Waals surface area contributed by atoms with Crippen molar-refractivity contribution in [3.63, 3.8) is 0 Å². The molecule has 0 aliphatic carbocycles. The van der Waals surface area contributed by atoms with Crippen LogP contribution >= 0.6 is 0 Å². The van der Waals surface area contributed by atoms with Gasteiger partial charge in [-0.25, -0.2) is 0 Å². The molecule has 0 bridgehead atoms. The van der Waals surface area contributed by atoms with Crippen LogP contribution in [0.1, 0.15) is 22.3 Å². The number of hydrogen-bond acceptors (Lipinski definition) is 6. The lowest BCUT2D eigenvalue weighted by molar-refractivity contribution is 0.425. The molecule has 0 amide bonds. The number of phenols is 3. The van der Waals surface area contributed by atoms with Gasteiger partial charge in [0.25, 0.3) is 0 Å². The normalized spacial score (nSPS) is 12.0. The average molecular weight is 325 g/mol. The van der Waals surface area contributed by atoms with Gasteiger partial charge in [0, 0.05) is 32.7 Å². The summed E-state index contributed by atoms with van der Waals surface area (Å²) in [7, 11) is 3.03. The van der Waals surface area contributed by atoms with Gasteiger partial charge in [0.2, 0.25) is 0 Å². The highest BCUT2D eigenvalue weighted by molar-refractivity contribution is 6.03. The topological polar surface area (TPSA) is 97.8 Å². The maximum absolute atomic E-state index is 10.3. The minimum atomic E-state index is -0.306. The highest BCUT2D eigenvalue weighted by Crippen LogP contribution is 2.39. The summed E-state index contributed by atoms with van der Waals surface area (Å²) in [5.74, 6) is -0.909. The molecular formula is C18H19N3O3. The van der Waals surface area contributed by atoms with Gasteiger partial charge in [-0.2, -0.15) is 0 Å². The Morgan fingerprint density at radius 1 is 0.708 bits per heavy atom. The van der Waals surface area contributed by atoms with Gasteiger partial charge in [-0.05, 0) is 19.1 Å². The molecule has 2 aromatic rings. The Hall–Kier alpha value is -3.15. The Labute approximate surface area is 140 Å². The summed E-state index contributed by atoms with van der Waals surface area (Å²) in [5, 5.41) is 30.9. The fourth-order valence-electron chi connectivity index (χ4n) is 2.17. The van der Waals surface area contributed by atoms with Crippen molar-refractivity contribution in [2.75, 3.05) is 14.1 Å². The lowest BCUT2D eigenvalue weighted by Crippen LogP contribution is -1.97. The van der Waals surface area contributed by atoms with Crippen molar-refractivity contribution >= 4 is 24.3 Å². The van der Waals surface area contributed by atoms with Crippen LogP contribution in [0.5, 0.6) is 17.2 Å². The molecule has 0 aromatic heterocycles. The van der Waals surface area contributed by atoms with Crippen LogP contribution < -0.4 is 0 Å². The maximum Gasteiger partial charge on any atom is 0.140 e. The smallest absolute Gasteiger partial charge is 0.140 e. The molecule has 2 rings (SSSR count). The number of hydrogen-bond donors (Lipinski definition) is 3. The third-order valence-electron chi connectivity index (χ3n) is 3.42. The Kier molecular flexibility index (Phi) is 5.31. The van der Waals surface area contributed by atoms with Crippen LogP contribution in [0.2, 0.25) is 0 Å². The zero-order valence-electron chi connectivity index (χ0n) is 13.7. The molecule has 0 heterocycles. The molecule has 0 saturated heterocycles. The van der Waals surface area contributed by atoms with Crippen LogP contribution in [0.4, 0.5) is 5.69 Å². The predicted octanol–water partition coefficient (Wildman–Crippen LogP) is 2.96. The first-order valence-electron chi connectivity index (χ1n) is 7.25. The van der Waals surface area contributed by atoms with Gasteiger partial charge in [-0.1, -0.05) is 17.7 Å². The third-order valence-corrected chi connectivity index (χ3v) is 3.42. The van der Waals surface area contributed by atoms with Crippen molar-refractivity contribution in [2.45, 2.75) is 6.92 Å². The molecular weight excluding hydrogens is 306 g/mol. The summed E-state index contributed by atoms with van der Waals surface area (Å²) in [6.45, 7) is 1.97. The lowest BCUT2D eigenvalue weighted by Gasteiger charge is -2.12. The molecule has 6 nitrogen and oxygen atoms in total. The fourth-order valence-corrected chi connectivity index (χ4v) is 2.17. The highest BCUT2D eigenvalue weighted by Gasteiger charge is 2.20. The van der Waals surface area contributed by atoms with E-state index < -0.39 is 0 Å². The zero-order chi connectivity index (χ0) is 17.7. The van der Waals surface area contributed by atoms with Crippen LogP contribution in [0.25, 0.3) is 0 Å². The number of aromatic hydroxyl groups is 3. The Morgan fingerprint density at radius 3 is 1.54 bits per heavy atom. The standard InChI is InChI=1S/C18H19N3O3/c1-11-4-6-12(7-5-11)21-10-15-17(23)13(8-19-2)16(22)14(9-20-3)18(15)24/h4-10,22-24H,1-3H3. The summed E-state index contributed by atoms with van der Waals surface area (Å²) in [6.07, 6.45) is 3.95. The molecule has 2 aromatic carbocycles. The van der Waals surface area contributed by atoms with E-state index in [-0.39, 0.29) is 33.9 Å². The van der Waals surface area contributed by atoms with Gasteiger partial charge in [0.1, 0.15) is 17.2 Å². The van der Waals surface area contributed by atoms with E-state index >= 15 is 0 Å². The molecule has 6 heteroatoms. The third kappa shape index (κ3) is 3.43.